The van der Waals surface area contributed by atoms with Crippen LogP contribution in [0.2, 0.25) is 0 Å². The molecule has 0 radical (unpaired) electrons. The third-order valence-corrected chi connectivity index (χ3v) is 8.05. The van der Waals surface area contributed by atoms with Crippen LogP contribution in [0.1, 0.15) is 27.7 Å². The standard InChI is InChI=1S/C13H19BO2S.C6H6BrNS.C5H3Br2N/c1-12(2)13(3,4)16-14(15-12)10-6-8-11(17-5)9-7-10;1-9-6-3-2-5(7)4-8-6;6-4-1-2-5(7)8-3-4/h6-9H,1-5H3;2-4H,1H3;1-3H. The number of hydrogen-bond acceptors (Lipinski definition) is 6. The molecule has 10 heteroatoms. The molecule has 2 aromatic heterocycles. The first-order valence-electron chi connectivity index (χ1n) is 10.4. The van der Waals surface area contributed by atoms with Crippen molar-refractivity contribution in [3.05, 3.63) is 74.5 Å². The zero-order valence-corrected chi connectivity index (χ0v) is 26.4. The summed E-state index contributed by atoms with van der Waals surface area (Å²) in [5.74, 6) is 0. The Morgan fingerprint density at radius 1 is 0.706 bits per heavy atom. The molecule has 0 bridgehead atoms. The molecule has 1 saturated heterocycles. The minimum Gasteiger partial charge on any atom is -0.399 e. The summed E-state index contributed by atoms with van der Waals surface area (Å²) in [7, 11) is -0.254. The van der Waals surface area contributed by atoms with Gasteiger partial charge in [0.05, 0.1) is 16.2 Å². The molecule has 1 aliphatic rings. The maximum Gasteiger partial charge on any atom is 0.494 e. The normalized spacial score (nSPS) is 15.6. The highest BCUT2D eigenvalue weighted by Crippen LogP contribution is 2.36. The quantitative estimate of drug-likeness (QED) is 0.158. The Labute approximate surface area is 237 Å². The molecule has 0 aliphatic carbocycles. The number of thioether (sulfide) groups is 2. The Bertz CT molecular complexity index is 985. The lowest BCUT2D eigenvalue weighted by Gasteiger charge is -2.32. The van der Waals surface area contributed by atoms with E-state index in [0.29, 0.717) is 0 Å². The van der Waals surface area contributed by atoms with Crippen molar-refractivity contribution in [2.75, 3.05) is 12.5 Å². The summed E-state index contributed by atoms with van der Waals surface area (Å²) >= 11 is 13.2. The fourth-order valence-corrected chi connectivity index (χ4v) is 4.06. The zero-order valence-electron chi connectivity index (χ0n) is 20.0. The highest BCUT2D eigenvalue weighted by Gasteiger charge is 2.51. The average Bonchev–Trinajstić information content (AvgIpc) is 3.04. The van der Waals surface area contributed by atoms with Gasteiger partial charge in [-0.2, -0.15) is 0 Å². The second kappa shape index (κ2) is 13.8. The Hall–Kier alpha value is -0.355. The lowest BCUT2D eigenvalue weighted by atomic mass is 9.79. The highest BCUT2D eigenvalue weighted by atomic mass is 79.9. The summed E-state index contributed by atoms with van der Waals surface area (Å²) < 4.78 is 14.9. The first kappa shape index (κ1) is 29.9. The molecule has 1 fully saturated rings. The van der Waals surface area contributed by atoms with Gasteiger partial charge in [0.15, 0.2) is 0 Å². The van der Waals surface area contributed by atoms with Crippen LogP contribution in [-0.2, 0) is 9.31 Å². The Balaban J connectivity index is 0.000000201. The highest BCUT2D eigenvalue weighted by molar-refractivity contribution is 9.11. The van der Waals surface area contributed by atoms with Gasteiger partial charge in [0.1, 0.15) is 4.60 Å². The van der Waals surface area contributed by atoms with E-state index in [1.54, 1.807) is 35.9 Å². The van der Waals surface area contributed by atoms with Crippen molar-refractivity contribution in [3.63, 3.8) is 0 Å². The van der Waals surface area contributed by atoms with Crippen LogP contribution in [0.4, 0.5) is 0 Å². The number of rotatable bonds is 3. The van der Waals surface area contributed by atoms with Gasteiger partial charge in [0.25, 0.3) is 0 Å². The maximum absolute atomic E-state index is 5.99. The lowest BCUT2D eigenvalue weighted by Crippen LogP contribution is -2.41. The van der Waals surface area contributed by atoms with Gasteiger partial charge in [0.2, 0.25) is 0 Å². The molecule has 34 heavy (non-hydrogen) atoms. The summed E-state index contributed by atoms with van der Waals surface area (Å²) in [6.07, 6.45) is 7.62. The molecule has 0 amide bonds. The van der Waals surface area contributed by atoms with Crippen molar-refractivity contribution in [1.29, 1.82) is 0 Å². The SMILES string of the molecule is Brc1ccc(Br)nc1.CSc1ccc(B2OC(C)(C)C(C)(C)O2)cc1.CSc1ccc(Br)cn1. The van der Waals surface area contributed by atoms with Gasteiger partial charge in [-0.05, 0) is 130 Å². The van der Waals surface area contributed by atoms with Crippen LogP contribution in [0.5, 0.6) is 0 Å². The fourth-order valence-electron chi connectivity index (χ4n) is 2.58. The summed E-state index contributed by atoms with van der Waals surface area (Å²) in [6, 6.07) is 16.1. The first-order chi connectivity index (χ1) is 16.0. The average molecular weight is 691 g/mol. The minimum absolute atomic E-state index is 0.254. The van der Waals surface area contributed by atoms with Gasteiger partial charge in [0, 0.05) is 26.2 Å². The molecule has 1 aliphatic heterocycles. The summed E-state index contributed by atoms with van der Waals surface area (Å²) in [4.78, 5) is 9.32. The van der Waals surface area contributed by atoms with Crippen LogP contribution in [0, 0.1) is 0 Å². The van der Waals surface area contributed by atoms with E-state index >= 15 is 0 Å². The smallest absolute Gasteiger partial charge is 0.399 e. The van der Waals surface area contributed by atoms with Gasteiger partial charge in [-0.1, -0.05) is 12.1 Å². The Kier molecular flexibility index (Phi) is 12.1. The largest absolute Gasteiger partial charge is 0.494 e. The predicted molar refractivity (Wildman–Crippen MR) is 157 cm³/mol. The van der Waals surface area contributed by atoms with Gasteiger partial charge >= 0.3 is 7.12 Å². The van der Waals surface area contributed by atoms with E-state index < -0.39 is 0 Å². The van der Waals surface area contributed by atoms with E-state index in [1.165, 1.54) is 4.90 Å². The summed E-state index contributed by atoms with van der Waals surface area (Å²) in [6.45, 7) is 8.29. The molecular formula is C24H28BBr3N2O2S2. The Morgan fingerprint density at radius 2 is 1.24 bits per heavy atom. The van der Waals surface area contributed by atoms with Crippen LogP contribution in [-0.4, -0.2) is 40.8 Å². The van der Waals surface area contributed by atoms with Crippen LogP contribution in [0.25, 0.3) is 0 Å². The maximum atomic E-state index is 5.99. The third-order valence-electron chi connectivity index (χ3n) is 5.24. The lowest BCUT2D eigenvalue weighted by molar-refractivity contribution is 0.00578. The molecule has 0 N–H and O–H groups in total. The number of aromatic nitrogens is 2. The fraction of sp³-hybridized carbons (Fsp3) is 0.333. The van der Waals surface area contributed by atoms with E-state index in [-0.39, 0.29) is 18.3 Å². The Morgan fingerprint density at radius 3 is 1.62 bits per heavy atom. The monoisotopic (exact) mass is 688 g/mol. The number of pyridine rings is 2. The summed E-state index contributed by atoms with van der Waals surface area (Å²) in [5.41, 5.74) is 0.549. The molecule has 1 aromatic carbocycles. The van der Waals surface area contributed by atoms with Crippen LogP contribution in [0.15, 0.2) is 84.4 Å². The molecule has 3 heterocycles. The second-order valence-corrected chi connectivity index (χ2v) is 12.5. The molecule has 0 unspecified atom stereocenters. The third kappa shape index (κ3) is 9.26. The van der Waals surface area contributed by atoms with E-state index in [1.807, 2.05) is 30.5 Å². The predicted octanol–water partition coefficient (Wildman–Crippen LogP) is 7.88. The van der Waals surface area contributed by atoms with Crippen LogP contribution < -0.4 is 5.46 Å². The van der Waals surface area contributed by atoms with E-state index in [2.05, 4.69) is 116 Å². The van der Waals surface area contributed by atoms with Crippen molar-refractivity contribution in [3.8, 4) is 0 Å². The van der Waals surface area contributed by atoms with Gasteiger partial charge in [-0.25, -0.2) is 9.97 Å². The molecule has 0 saturated carbocycles. The van der Waals surface area contributed by atoms with Gasteiger partial charge in [-0.15, -0.1) is 23.5 Å². The second-order valence-electron chi connectivity index (χ2n) is 8.18. The van der Waals surface area contributed by atoms with E-state index in [0.717, 1.165) is 24.0 Å². The van der Waals surface area contributed by atoms with Crippen molar-refractivity contribution < 1.29 is 9.31 Å². The van der Waals surface area contributed by atoms with Crippen molar-refractivity contribution >= 4 is 83.9 Å². The van der Waals surface area contributed by atoms with Gasteiger partial charge < -0.3 is 9.31 Å². The molecule has 182 valence electrons. The van der Waals surface area contributed by atoms with E-state index in [9.17, 15) is 0 Å². The minimum atomic E-state index is -0.268. The number of nitrogens with zero attached hydrogens (tertiary/aromatic N) is 2. The molecular weight excluding hydrogens is 663 g/mol. The first-order valence-corrected chi connectivity index (χ1v) is 15.2. The number of halogens is 3. The molecule has 4 nitrogen and oxygen atoms in total. The molecule has 3 aromatic rings. The van der Waals surface area contributed by atoms with Crippen LogP contribution in [0.3, 0.4) is 0 Å². The summed E-state index contributed by atoms with van der Waals surface area (Å²) in [5, 5.41) is 1.05. The topological polar surface area (TPSA) is 44.2 Å². The molecule has 0 spiro atoms. The number of benzene rings is 1. The van der Waals surface area contributed by atoms with Crippen LogP contribution >= 0.6 is 71.3 Å². The number of hydrogen-bond donors (Lipinski definition) is 0. The molecule has 4 rings (SSSR count). The zero-order chi connectivity index (χ0) is 25.4. The van der Waals surface area contributed by atoms with E-state index in [4.69, 9.17) is 9.31 Å². The van der Waals surface area contributed by atoms with Crippen molar-refractivity contribution in [2.24, 2.45) is 0 Å². The molecule has 0 atom stereocenters. The van der Waals surface area contributed by atoms with Gasteiger partial charge in [-0.3, -0.25) is 0 Å². The van der Waals surface area contributed by atoms with Crippen molar-refractivity contribution in [2.45, 2.75) is 48.8 Å². The van der Waals surface area contributed by atoms with Crippen molar-refractivity contribution in [1.82, 2.24) is 9.97 Å².